The second kappa shape index (κ2) is 3.07. The molecule has 0 amide bonds. The summed E-state index contributed by atoms with van der Waals surface area (Å²) in [7, 11) is 0. The number of halogens is 2. The molecule has 0 saturated carbocycles. The Kier molecular flexibility index (Phi) is 2.31. The van der Waals surface area contributed by atoms with Crippen LogP contribution in [0.25, 0.3) is 0 Å². The predicted molar refractivity (Wildman–Crippen MR) is 41.2 cm³/mol. The van der Waals surface area contributed by atoms with Crippen molar-refractivity contribution in [2.45, 2.75) is 0 Å². The van der Waals surface area contributed by atoms with Crippen LogP contribution in [0.4, 0.5) is 0 Å². The topological polar surface area (TPSA) is 50.2 Å². The number of nitrogens with zero attached hydrogens (tertiary/aromatic N) is 1. The van der Waals surface area contributed by atoms with Crippen LogP contribution in [0.2, 0.25) is 10.0 Å². The zero-order chi connectivity index (χ0) is 8.43. The van der Waals surface area contributed by atoms with Gasteiger partial charge in [-0.3, -0.25) is 4.98 Å². The first-order valence-corrected chi connectivity index (χ1v) is 3.41. The summed E-state index contributed by atoms with van der Waals surface area (Å²) in [4.78, 5) is 14.0. The van der Waals surface area contributed by atoms with Crippen molar-refractivity contribution in [3.8, 4) is 0 Å². The van der Waals surface area contributed by atoms with Crippen molar-refractivity contribution in [2.75, 3.05) is 0 Å². The third-order valence-corrected chi connectivity index (χ3v) is 1.86. The van der Waals surface area contributed by atoms with Crippen LogP contribution in [0.15, 0.2) is 12.4 Å². The highest BCUT2D eigenvalue weighted by Crippen LogP contribution is 2.23. The van der Waals surface area contributed by atoms with Crippen molar-refractivity contribution < 1.29 is 9.90 Å². The van der Waals surface area contributed by atoms with Gasteiger partial charge >= 0.3 is 5.97 Å². The van der Waals surface area contributed by atoms with Gasteiger partial charge in [0.25, 0.3) is 0 Å². The van der Waals surface area contributed by atoms with E-state index in [9.17, 15) is 4.79 Å². The number of aromatic carboxylic acids is 1. The highest BCUT2D eigenvalue weighted by Gasteiger charge is 2.10. The third kappa shape index (κ3) is 1.61. The van der Waals surface area contributed by atoms with Crippen LogP contribution in [-0.2, 0) is 0 Å². The molecule has 0 spiro atoms. The van der Waals surface area contributed by atoms with Crippen LogP contribution < -0.4 is 0 Å². The van der Waals surface area contributed by atoms with E-state index in [-0.39, 0.29) is 15.6 Å². The molecule has 0 aliphatic carbocycles. The molecule has 0 fully saturated rings. The summed E-state index contributed by atoms with van der Waals surface area (Å²) < 4.78 is 0. The summed E-state index contributed by atoms with van der Waals surface area (Å²) in [6.45, 7) is 0. The molecule has 0 unspecified atom stereocenters. The summed E-state index contributed by atoms with van der Waals surface area (Å²) in [5.74, 6) is -1.13. The van der Waals surface area contributed by atoms with Gasteiger partial charge in [0.2, 0.25) is 0 Å². The molecule has 1 heterocycles. The number of rotatable bonds is 1. The SMILES string of the molecule is O=C(O)c1cncc(Cl)c1Cl. The quantitative estimate of drug-likeness (QED) is 0.740. The number of carbonyl (C=O) groups is 1. The van der Waals surface area contributed by atoms with Gasteiger partial charge in [-0.2, -0.15) is 0 Å². The van der Waals surface area contributed by atoms with Crippen molar-refractivity contribution in [2.24, 2.45) is 0 Å². The van der Waals surface area contributed by atoms with Gasteiger partial charge in [-0.1, -0.05) is 23.2 Å². The maximum atomic E-state index is 10.4. The Morgan fingerprint density at radius 1 is 1.45 bits per heavy atom. The minimum atomic E-state index is -1.13. The van der Waals surface area contributed by atoms with Crippen LogP contribution in [0.5, 0.6) is 0 Å². The maximum absolute atomic E-state index is 10.4. The van der Waals surface area contributed by atoms with Gasteiger partial charge in [-0.05, 0) is 0 Å². The molecule has 5 heteroatoms. The Balaban J connectivity index is 3.27. The van der Waals surface area contributed by atoms with Gasteiger partial charge in [-0.25, -0.2) is 4.79 Å². The van der Waals surface area contributed by atoms with Crippen LogP contribution in [0.1, 0.15) is 10.4 Å². The first kappa shape index (κ1) is 8.30. The molecule has 0 aromatic carbocycles. The van der Waals surface area contributed by atoms with Gasteiger partial charge < -0.3 is 5.11 Å². The molecule has 1 N–H and O–H groups in total. The number of hydrogen-bond donors (Lipinski definition) is 1. The van der Waals surface area contributed by atoms with E-state index in [1.54, 1.807) is 0 Å². The Labute approximate surface area is 72.6 Å². The molecule has 0 aliphatic rings. The first-order chi connectivity index (χ1) is 5.13. The maximum Gasteiger partial charge on any atom is 0.338 e. The highest BCUT2D eigenvalue weighted by molar-refractivity contribution is 6.43. The van der Waals surface area contributed by atoms with Crippen molar-refractivity contribution in [3.63, 3.8) is 0 Å². The molecule has 58 valence electrons. The normalized spacial score (nSPS) is 9.64. The number of aromatic nitrogens is 1. The molecule has 0 aliphatic heterocycles. The molecule has 3 nitrogen and oxygen atoms in total. The molecule has 1 aromatic rings. The zero-order valence-corrected chi connectivity index (χ0v) is 6.73. The van der Waals surface area contributed by atoms with Crippen molar-refractivity contribution in [1.82, 2.24) is 4.98 Å². The molecule has 1 rings (SSSR count). The molecule has 1 aromatic heterocycles. The van der Waals surface area contributed by atoms with Gasteiger partial charge in [0.15, 0.2) is 0 Å². The average Bonchev–Trinajstić information content (AvgIpc) is 1.94. The van der Waals surface area contributed by atoms with Crippen LogP contribution in [0, 0.1) is 0 Å². The van der Waals surface area contributed by atoms with Crippen LogP contribution >= 0.6 is 23.2 Å². The van der Waals surface area contributed by atoms with Crippen LogP contribution in [0.3, 0.4) is 0 Å². The number of carboxylic acid groups (broad SMARTS) is 1. The fraction of sp³-hybridized carbons (Fsp3) is 0. The van der Waals surface area contributed by atoms with E-state index >= 15 is 0 Å². The molecule has 0 radical (unpaired) electrons. The Hall–Kier alpha value is -0.800. The Morgan fingerprint density at radius 3 is 2.55 bits per heavy atom. The predicted octanol–water partition coefficient (Wildman–Crippen LogP) is 2.09. The second-order valence-electron chi connectivity index (χ2n) is 1.79. The molecular formula is C6H3Cl2NO2. The largest absolute Gasteiger partial charge is 0.478 e. The van der Waals surface area contributed by atoms with Gasteiger partial charge in [0.05, 0.1) is 15.6 Å². The van der Waals surface area contributed by atoms with Crippen LogP contribution in [-0.4, -0.2) is 16.1 Å². The summed E-state index contributed by atoms with van der Waals surface area (Å²) in [5.41, 5.74) is -0.0841. The molecule has 0 saturated heterocycles. The number of pyridine rings is 1. The first-order valence-electron chi connectivity index (χ1n) is 2.65. The Bertz CT molecular complexity index is 301. The lowest BCUT2D eigenvalue weighted by atomic mass is 10.3. The van der Waals surface area contributed by atoms with Gasteiger partial charge in [-0.15, -0.1) is 0 Å². The fourth-order valence-corrected chi connectivity index (χ4v) is 0.905. The monoisotopic (exact) mass is 191 g/mol. The Morgan fingerprint density at radius 2 is 2.09 bits per heavy atom. The average molecular weight is 192 g/mol. The molecular weight excluding hydrogens is 189 g/mol. The lowest BCUT2D eigenvalue weighted by molar-refractivity contribution is 0.0696. The van der Waals surface area contributed by atoms with Crippen molar-refractivity contribution in [3.05, 3.63) is 28.0 Å². The third-order valence-electron chi connectivity index (χ3n) is 1.07. The number of hydrogen-bond acceptors (Lipinski definition) is 2. The summed E-state index contributed by atoms with van der Waals surface area (Å²) in [5, 5.41) is 8.67. The van der Waals surface area contributed by atoms with E-state index in [4.69, 9.17) is 28.3 Å². The number of carboxylic acids is 1. The second-order valence-corrected chi connectivity index (χ2v) is 2.57. The smallest absolute Gasteiger partial charge is 0.338 e. The van der Waals surface area contributed by atoms with Crippen molar-refractivity contribution >= 4 is 29.2 Å². The lowest BCUT2D eigenvalue weighted by Crippen LogP contribution is -1.98. The standard InChI is InChI=1S/C6H3Cl2NO2/c7-4-2-9-1-3(5(4)8)6(10)11/h1-2H,(H,10,11). The molecule has 11 heavy (non-hydrogen) atoms. The molecule has 0 bridgehead atoms. The van der Waals surface area contributed by atoms with E-state index in [1.165, 1.54) is 6.20 Å². The summed E-state index contributed by atoms with van der Waals surface area (Å²) >= 11 is 11.0. The van der Waals surface area contributed by atoms with Gasteiger partial charge in [0.1, 0.15) is 0 Å². The zero-order valence-electron chi connectivity index (χ0n) is 5.21. The fourth-order valence-electron chi connectivity index (χ4n) is 0.568. The van der Waals surface area contributed by atoms with Crippen molar-refractivity contribution in [1.29, 1.82) is 0 Å². The molecule has 0 atom stereocenters. The van der Waals surface area contributed by atoms with E-state index < -0.39 is 5.97 Å². The van der Waals surface area contributed by atoms with Gasteiger partial charge in [0, 0.05) is 12.4 Å². The van der Waals surface area contributed by atoms with E-state index in [1.807, 2.05) is 0 Å². The van der Waals surface area contributed by atoms with E-state index in [0.717, 1.165) is 6.20 Å². The van der Waals surface area contributed by atoms with E-state index in [2.05, 4.69) is 4.98 Å². The summed E-state index contributed by atoms with van der Waals surface area (Å²) in [6.07, 6.45) is 2.44. The summed E-state index contributed by atoms with van der Waals surface area (Å²) in [6, 6.07) is 0. The minimum Gasteiger partial charge on any atom is -0.478 e. The highest BCUT2D eigenvalue weighted by atomic mass is 35.5. The lowest BCUT2D eigenvalue weighted by Gasteiger charge is -1.97. The van der Waals surface area contributed by atoms with E-state index in [0.29, 0.717) is 0 Å². The minimum absolute atomic E-state index is 0.0224.